The highest BCUT2D eigenvalue weighted by Gasteiger charge is 2.12. The Hall–Kier alpha value is -2.95. The average molecular weight is 306 g/mol. The molecule has 2 N–H and O–H groups in total. The molecule has 3 rings (SSSR count). The van der Waals surface area contributed by atoms with Gasteiger partial charge in [0.25, 0.3) is 0 Å². The summed E-state index contributed by atoms with van der Waals surface area (Å²) in [7, 11) is 0. The van der Waals surface area contributed by atoms with Crippen molar-refractivity contribution < 1.29 is 4.79 Å². The predicted octanol–water partition coefficient (Wildman–Crippen LogP) is 2.87. The third-order valence-electron chi connectivity index (χ3n) is 3.70. The molecule has 23 heavy (non-hydrogen) atoms. The second kappa shape index (κ2) is 6.44. The minimum Gasteiger partial charge on any atom is -0.358 e. The number of pyridine rings is 1. The van der Waals surface area contributed by atoms with Crippen LogP contribution in [0.3, 0.4) is 0 Å². The van der Waals surface area contributed by atoms with Gasteiger partial charge in [-0.05, 0) is 37.6 Å². The standard InChI is InChI=1S/C18H18N4O/c1-12-5-6-17-16(8-12)15(13(2)21-17)9-18(23)22-20-11-14-4-3-7-19-10-14/h3-8,10-11,21H,9H2,1-2H3,(H,22,23)/b20-11+. The normalized spacial score (nSPS) is 11.2. The molecule has 5 nitrogen and oxygen atoms in total. The molecule has 0 atom stereocenters. The number of carbonyl (C=O) groups excluding carboxylic acids is 1. The van der Waals surface area contributed by atoms with Gasteiger partial charge in [-0.2, -0.15) is 5.10 Å². The molecule has 0 aliphatic rings. The Morgan fingerprint density at radius 1 is 1.35 bits per heavy atom. The summed E-state index contributed by atoms with van der Waals surface area (Å²) in [6.07, 6.45) is 5.25. The molecule has 0 aliphatic carbocycles. The van der Waals surface area contributed by atoms with Gasteiger partial charge >= 0.3 is 0 Å². The second-order valence-electron chi connectivity index (χ2n) is 5.53. The maximum absolute atomic E-state index is 12.1. The van der Waals surface area contributed by atoms with Gasteiger partial charge in [0, 0.05) is 34.6 Å². The van der Waals surface area contributed by atoms with Crippen molar-refractivity contribution in [3.63, 3.8) is 0 Å². The van der Waals surface area contributed by atoms with E-state index in [-0.39, 0.29) is 5.91 Å². The van der Waals surface area contributed by atoms with Gasteiger partial charge in [-0.1, -0.05) is 17.7 Å². The highest BCUT2D eigenvalue weighted by atomic mass is 16.2. The molecule has 1 amide bonds. The first-order valence-electron chi connectivity index (χ1n) is 7.43. The number of hydrazone groups is 1. The number of aryl methyl sites for hydroxylation is 2. The summed E-state index contributed by atoms with van der Waals surface area (Å²) in [6.45, 7) is 4.03. The van der Waals surface area contributed by atoms with Gasteiger partial charge in [0.2, 0.25) is 5.91 Å². The van der Waals surface area contributed by atoms with Gasteiger partial charge in [-0.3, -0.25) is 9.78 Å². The van der Waals surface area contributed by atoms with Gasteiger partial charge in [-0.15, -0.1) is 0 Å². The number of aromatic nitrogens is 2. The number of H-pyrrole nitrogens is 1. The van der Waals surface area contributed by atoms with Crippen molar-refractivity contribution in [3.05, 3.63) is 65.1 Å². The van der Waals surface area contributed by atoms with E-state index in [1.807, 2.05) is 32.0 Å². The summed E-state index contributed by atoms with van der Waals surface area (Å²) >= 11 is 0. The Labute approximate surface area is 134 Å². The van der Waals surface area contributed by atoms with Crippen LogP contribution in [0, 0.1) is 13.8 Å². The van der Waals surface area contributed by atoms with E-state index in [9.17, 15) is 4.79 Å². The Morgan fingerprint density at radius 2 is 2.22 bits per heavy atom. The Kier molecular flexibility index (Phi) is 4.19. The number of nitrogens with one attached hydrogen (secondary N) is 2. The quantitative estimate of drug-likeness (QED) is 0.575. The van der Waals surface area contributed by atoms with Crippen molar-refractivity contribution in [2.75, 3.05) is 0 Å². The number of hydrogen-bond donors (Lipinski definition) is 2. The number of amides is 1. The monoisotopic (exact) mass is 306 g/mol. The average Bonchev–Trinajstić information content (AvgIpc) is 2.84. The van der Waals surface area contributed by atoms with Gasteiger partial charge in [0.15, 0.2) is 0 Å². The molecule has 0 unspecified atom stereocenters. The maximum atomic E-state index is 12.1. The molecule has 2 heterocycles. The SMILES string of the molecule is Cc1ccc2[nH]c(C)c(CC(=O)N/N=C/c3cccnc3)c2c1. The van der Waals surface area contributed by atoms with Crippen LogP contribution in [-0.4, -0.2) is 22.1 Å². The third kappa shape index (κ3) is 3.45. The first-order valence-corrected chi connectivity index (χ1v) is 7.43. The van der Waals surface area contributed by atoms with E-state index in [2.05, 4.69) is 32.6 Å². The molecule has 0 aliphatic heterocycles. The maximum Gasteiger partial charge on any atom is 0.244 e. The van der Waals surface area contributed by atoms with Crippen LogP contribution in [0.15, 0.2) is 47.8 Å². The zero-order chi connectivity index (χ0) is 16.2. The molecule has 0 fully saturated rings. The largest absolute Gasteiger partial charge is 0.358 e. The fourth-order valence-electron chi connectivity index (χ4n) is 2.56. The van der Waals surface area contributed by atoms with E-state index < -0.39 is 0 Å². The molecule has 116 valence electrons. The molecule has 5 heteroatoms. The molecule has 0 saturated heterocycles. The van der Waals surface area contributed by atoms with Crippen molar-refractivity contribution in [1.29, 1.82) is 0 Å². The van der Waals surface area contributed by atoms with Crippen LogP contribution in [-0.2, 0) is 11.2 Å². The molecule has 0 bridgehead atoms. The highest BCUT2D eigenvalue weighted by Crippen LogP contribution is 2.23. The van der Waals surface area contributed by atoms with Gasteiger partial charge in [0.1, 0.15) is 0 Å². The molecular weight excluding hydrogens is 288 g/mol. The lowest BCUT2D eigenvalue weighted by Gasteiger charge is -2.01. The third-order valence-corrected chi connectivity index (χ3v) is 3.70. The van der Waals surface area contributed by atoms with Crippen LogP contribution in [0.5, 0.6) is 0 Å². The van der Waals surface area contributed by atoms with E-state index in [0.29, 0.717) is 6.42 Å². The zero-order valence-electron chi connectivity index (χ0n) is 13.1. The Balaban J connectivity index is 1.72. The number of fused-ring (bicyclic) bond motifs is 1. The first kappa shape index (κ1) is 15.0. The van der Waals surface area contributed by atoms with Crippen LogP contribution < -0.4 is 5.43 Å². The molecule has 3 aromatic rings. The van der Waals surface area contributed by atoms with E-state index in [1.54, 1.807) is 18.6 Å². The van der Waals surface area contributed by atoms with Crippen LogP contribution in [0.2, 0.25) is 0 Å². The second-order valence-corrected chi connectivity index (χ2v) is 5.53. The van der Waals surface area contributed by atoms with E-state index in [4.69, 9.17) is 0 Å². The Bertz CT molecular complexity index is 865. The summed E-state index contributed by atoms with van der Waals surface area (Å²) in [5.74, 6) is -0.143. The minimum atomic E-state index is -0.143. The molecule has 0 saturated carbocycles. The molecule has 0 spiro atoms. The summed E-state index contributed by atoms with van der Waals surface area (Å²) in [5, 5.41) is 5.07. The number of nitrogens with zero attached hydrogens (tertiary/aromatic N) is 2. The number of carbonyl (C=O) groups is 1. The van der Waals surface area contributed by atoms with Crippen molar-refractivity contribution in [3.8, 4) is 0 Å². The summed E-state index contributed by atoms with van der Waals surface area (Å²) in [5.41, 5.74) is 7.65. The lowest BCUT2D eigenvalue weighted by Crippen LogP contribution is -2.20. The number of rotatable bonds is 4. The van der Waals surface area contributed by atoms with Gasteiger partial charge in [0.05, 0.1) is 12.6 Å². The summed E-state index contributed by atoms with van der Waals surface area (Å²) in [6, 6.07) is 9.89. The van der Waals surface area contributed by atoms with E-state index in [1.165, 1.54) is 5.56 Å². The van der Waals surface area contributed by atoms with Crippen molar-refractivity contribution in [1.82, 2.24) is 15.4 Å². The summed E-state index contributed by atoms with van der Waals surface area (Å²) in [4.78, 5) is 19.4. The molecule has 0 radical (unpaired) electrons. The van der Waals surface area contributed by atoms with Gasteiger partial charge in [-0.25, -0.2) is 5.43 Å². The Morgan fingerprint density at radius 3 is 3.00 bits per heavy atom. The highest BCUT2D eigenvalue weighted by molar-refractivity contribution is 5.91. The van der Waals surface area contributed by atoms with Crippen LogP contribution in [0.1, 0.15) is 22.4 Å². The van der Waals surface area contributed by atoms with E-state index in [0.717, 1.165) is 27.7 Å². The molecule has 1 aromatic carbocycles. The van der Waals surface area contributed by atoms with Crippen molar-refractivity contribution >= 4 is 23.0 Å². The minimum absolute atomic E-state index is 0.143. The van der Waals surface area contributed by atoms with Crippen LogP contribution >= 0.6 is 0 Å². The summed E-state index contributed by atoms with van der Waals surface area (Å²) < 4.78 is 0. The smallest absolute Gasteiger partial charge is 0.244 e. The predicted molar refractivity (Wildman–Crippen MR) is 91.5 cm³/mol. The number of benzene rings is 1. The lowest BCUT2D eigenvalue weighted by molar-refractivity contribution is -0.120. The molecular formula is C18H18N4O. The van der Waals surface area contributed by atoms with Gasteiger partial charge < -0.3 is 4.98 Å². The number of aromatic amines is 1. The molecule has 2 aromatic heterocycles. The van der Waals surface area contributed by atoms with Crippen molar-refractivity contribution in [2.45, 2.75) is 20.3 Å². The fraction of sp³-hybridized carbons (Fsp3) is 0.167. The number of hydrogen-bond acceptors (Lipinski definition) is 3. The zero-order valence-corrected chi connectivity index (χ0v) is 13.1. The fourth-order valence-corrected chi connectivity index (χ4v) is 2.56. The van der Waals surface area contributed by atoms with Crippen LogP contribution in [0.25, 0.3) is 10.9 Å². The lowest BCUT2D eigenvalue weighted by atomic mass is 10.1. The van der Waals surface area contributed by atoms with E-state index >= 15 is 0 Å². The topological polar surface area (TPSA) is 70.1 Å². The van der Waals surface area contributed by atoms with Crippen LogP contribution in [0.4, 0.5) is 0 Å². The van der Waals surface area contributed by atoms with Crippen molar-refractivity contribution in [2.24, 2.45) is 5.10 Å². The first-order chi connectivity index (χ1) is 11.1.